The van der Waals surface area contributed by atoms with Crippen molar-refractivity contribution in [2.24, 2.45) is 0 Å². The quantitative estimate of drug-likeness (QED) is 0.689. The largest absolute Gasteiger partial charge is 0.418 e. The molecule has 4 nitrogen and oxygen atoms in total. The molecule has 142 valence electrons. The third-order valence-corrected chi connectivity index (χ3v) is 4.63. The van der Waals surface area contributed by atoms with Gasteiger partial charge < -0.3 is 10.2 Å². The summed E-state index contributed by atoms with van der Waals surface area (Å²) in [4.78, 5) is 18.7. The predicted octanol–water partition coefficient (Wildman–Crippen LogP) is 5.05. The average molecular weight is 383 g/mol. The molecule has 0 saturated heterocycles. The molecular formula is C21H16F3N3O. The Hall–Kier alpha value is -3.35. The lowest BCUT2D eigenvalue weighted by molar-refractivity contribution is -0.136. The number of carbonyl (C=O) groups excluding carboxylic acids is 1. The first kappa shape index (κ1) is 18.0. The van der Waals surface area contributed by atoms with Crippen molar-refractivity contribution in [1.82, 2.24) is 4.98 Å². The lowest BCUT2D eigenvalue weighted by atomic mass is 10.1. The van der Waals surface area contributed by atoms with Gasteiger partial charge in [-0.1, -0.05) is 30.3 Å². The van der Waals surface area contributed by atoms with E-state index in [0.717, 1.165) is 23.7 Å². The number of nitrogens with one attached hydrogen (secondary N) is 1. The van der Waals surface area contributed by atoms with Crippen LogP contribution in [0.5, 0.6) is 0 Å². The summed E-state index contributed by atoms with van der Waals surface area (Å²) < 4.78 is 39.5. The number of pyridine rings is 1. The highest BCUT2D eigenvalue weighted by atomic mass is 19.4. The molecule has 4 rings (SSSR count). The number of para-hydroxylation sites is 2. The van der Waals surface area contributed by atoms with E-state index in [-0.39, 0.29) is 17.4 Å². The second-order valence-electron chi connectivity index (χ2n) is 6.43. The molecule has 1 aliphatic rings. The number of halogens is 3. The number of nitrogens with zero attached hydrogens (tertiary/aromatic N) is 2. The molecule has 2 heterocycles. The molecular weight excluding hydrogens is 367 g/mol. The van der Waals surface area contributed by atoms with E-state index in [2.05, 4.69) is 10.3 Å². The first-order valence-electron chi connectivity index (χ1n) is 8.72. The number of carbonyl (C=O) groups is 1. The minimum atomic E-state index is -4.49. The lowest BCUT2D eigenvalue weighted by Crippen LogP contribution is -2.28. The number of hydrogen-bond donors (Lipinski definition) is 1. The molecule has 1 aromatic heterocycles. The van der Waals surface area contributed by atoms with E-state index in [0.29, 0.717) is 12.1 Å². The maximum absolute atomic E-state index is 13.2. The van der Waals surface area contributed by atoms with E-state index in [1.165, 1.54) is 30.5 Å². The number of amides is 1. The van der Waals surface area contributed by atoms with E-state index in [9.17, 15) is 18.0 Å². The number of benzene rings is 2. The first-order chi connectivity index (χ1) is 13.4. The Kier molecular flexibility index (Phi) is 4.50. The molecule has 0 radical (unpaired) electrons. The van der Waals surface area contributed by atoms with Gasteiger partial charge in [-0.25, -0.2) is 4.98 Å². The molecule has 1 N–H and O–H groups in total. The maximum atomic E-state index is 13.2. The van der Waals surface area contributed by atoms with Gasteiger partial charge >= 0.3 is 6.18 Å². The van der Waals surface area contributed by atoms with E-state index >= 15 is 0 Å². The third-order valence-electron chi connectivity index (χ3n) is 4.63. The molecule has 0 bridgehead atoms. The van der Waals surface area contributed by atoms with Crippen molar-refractivity contribution in [2.75, 3.05) is 16.8 Å². The van der Waals surface area contributed by atoms with Crippen molar-refractivity contribution in [3.8, 4) is 0 Å². The van der Waals surface area contributed by atoms with Crippen LogP contribution >= 0.6 is 0 Å². The normalized spacial score (nSPS) is 13.3. The standard InChI is InChI=1S/C21H16F3N3O/c22-21(23,24)16-6-2-3-7-17(16)26-19-13-15(9-11-25-19)20(28)27-12-10-14-5-1-4-8-18(14)27/h1-9,11,13H,10,12H2,(H,25,26). The van der Waals surface area contributed by atoms with Crippen molar-refractivity contribution in [3.63, 3.8) is 0 Å². The van der Waals surface area contributed by atoms with Gasteiger partial charge in [-0.15, -0.1) is 0 Å². The summed E-state index contributed by atoms with van der Waals surface area (Å²) in [5.74, 6) is -0.0328. The molecule has 1 amide bonds. The lowest BCUT2D eigenvalue weighted by Gasteiger charge is -2.18. The Labute approximate surface area is 159 Å². The van der Waals surface area contributed by atoms with Crippen molar-refractivity contribution in [3.05, 3.63) is 83.6 Å². The first-order valence-corrected chi connectivity index (χ1v) is 8.72. The van der Waals surface area contributed by atoms with Crippen molar-refractivity contribution >= 4 is 23.1 Å². The van der Waals surface area contributed by atoms with Crippen LogP contribution in [-0.2, 0) is 12.6 Å². The maximum Gasteiger partial charge on any atom is 0.418 e. The van der Waals surface area contributed by atoms with Gasteiger partial charge in [-0.2, -0.15) is 13.2 Å². The van der Waals surface area contributed by atoms with Crippen molar-refractivity contribution in [1.29, 1.82) is 0 Å². The highest BCUT2D eigenvalue weighted by molar-refractivity contribution is 6.07. The van der Waals surface area contributed by atoms with Crippen LogP contribution in [0, 0.1) is 0 Å². The zero-order valence-corrected chi connectivity index (χ0v) is 14.7. The SMILES string of the molecule is O=C(c1ccnc(Nc2ccccc2C(F)(F)F)c1)N1CCc2ccccc21. The second kappa shape index (κ2) is 6.99. The van der Waals surface area contributed by atoms with Gasteiger partial charge in [0.15, 0.2) is 0 Å². The van der Waals surface area contributed by atoms with Crippen molar-refractivity contribution < 1.29 is 18.0 Å². The number of anilines is 3. The van der Waals surface area contributed by atoms with Crippen molar-refractivity contribution in [2.45, 2.75) is 12.6 Å². The Balaban J connectivity index is 1.61. The van der Waals surface area contributed by atoms with Crippen LogP contribution in [0.25, 0.3) is 0 Å². The fraction of sp³-hybridized carbons (Fsp3) is 0.143. The zero-order valence-electron chi connectivity index (χ0n) is 14.7. The van der Waals surface area contributed by atoms with Gasteiger partial charge in [0.1, 0.15) is 5.82 Å². The average Bonchev–Trinajstić information content (AvgIpc) is 3.11. The summed E-state index contributed by atoms with van der Waals surface area (Å²) in [6.07, 6.45) is -2.30. The smallest absolute Gasteiger partial charge is 0.340 e. The summed E-state index contributed by atoms with van der Waals surface area (Å²) in [6.45, 7) is 0.570. The van der Waals surface area contributed by atoms with E-state index in [1.807, 2.05) is 24.3 Å². The molecule has 0 saturated carbocycles. The van der Waals surface area contributed by atoms with Crippen LogP contribution in [0.4, 0.5) is 30.4 Å². The number of hydrogen-bond acceptors (Lipinski definition) is 3. The number of fused-ring (bicyclic) bond motifs is 1. The zero-order chi connectivity index (χ0) is 19.7. The van der Waals surface area contributed by atoms with Crippen LogP contribution in [0.2, 0.25) is 0 Å². The topological polar surface area (TPSA) is 45.2 Å². The molecule has 3 aromatic rings. The number of rotatable bonds is 3. The van der Waals surface area contributed by atoms with Crippen LogP contribution in [-0.4, -0.2) is 17.4 Å². The number of aromatic nitrogens is 1. The molecule has 1 aliphatic heterocycles. The molecule has 0 atom stereocenters. The minimum absolute atomic E-state index is 0.112. The fourth-order valence-corrected chi connectivity index (χ4v) is 3.31. The monoisotopic (exact) mass is 383 g/mol. The summed E-state index contributed by atoms with van der Waals surface area (Å²) in [5, 5.41) is 2.68. The van der Waals surface area contributed by atoms with E-state index in [1.54, 1.807) is 11.0 Å². The van der Waals surface area contributed by atoms with Gasteiger partial charge in [0.2, 0.25) is 0 Å². The molecule has 0 aliphatic carbocycles. The van der Waals surface area contributed by atoms with Gasteiger partial charge in [0.05, 0.1) is 11.3 Å². The highest BCUT2D eigenvalue weighted by Gasteiger charge is 2.33. The Morgan fingerprint density at radius 3 is 2.61 bits per heavy atom. The van der Waals surface area contributed by atoms with Crippen LogP contribution < -0.4 is 10.2 Å². The van der Waals surface area contributed by atoms with Gasteiger partial charge in [0, 0.05) is 24.0 Å². The second-order valence-corrected chi connectivity index (χ2v) is 6.43. The molecule has 0 unspecified atom stereocenters. The van der Waals surface area contributed by atoms with E-state index < -0.39 is 11.7 Å². The molecule has 0 fully saturated rings. The van der Waals surface area contributed by atoms with Gasteiger partial charge in [0.25, 0.3) is 5.91 Å². The van der Waals surface area contributed by atoms with Crippen LogP contribution in [0.1, 0.15) is 21.5 Å². The summed E-state index contributed by atoms with van der Waals surface area (Å²) >= 11 is 0. The third kappa shape index (κ3) is 3.43. The van der Waals surface area contributed by atoms with Gasteiger partial charge in [-0.3, -0.25) is 4.79 Å². The Morgan fingerprint density at radius 1 is 1.04 bits per heavy atom. The molecule has 0 spiro atoms. The summed E-state index contributed by atoms with van der Waals surface area (Å²) in [5.41, 5.74) is 1.42. The Morgan fingerprint density at radius 2 is 1.79 bits per heavy atom. The highest BCUT2D eigenvalue weighted by Crippen LogP contribution is 2.36. The molecule has 7 heteroatoms. The minimum Gasteiger partial charge on any atom is -0.340 e. The summed E-state index contributed by atoms with van der Waals surface area (Å²) in [6, 6.07) is 15.9. The number of alkyl halides is 3. The molecule has 28 heavy (non-hydrogen) atoms. The Bertz CT molecular complexity index is 1030. The van der Waals surface area contributed by atoms with Crippen LogP contribution in [0.15, 0.2) is 66.9 Å². The molecule has 2 aromatic carbocycles. The van der Waals surface area contributed by atoms with E-state index in [4.69, 9.17) is 0 Å². The predicted molar refractivity (Wildman–Crippen MR) is 101 cm³/mol. The fourth-order valence-electron chi connectivity index (χ4n) is 3.31. The van der Waals surface area contributed by atoms with Gasteiger partial charge in [-0.05, 0) is 42.3 Å². The van der Waals surface area contributed by atoms with Crippen LogP contribution in [0.3, 0.4) is 0 Å². The summed E-state index contributed by atoms with van der Waals surface area (Å²) in [7, 11) is 0.